The number of carbonyl (C=O) groups excluding carboxylic acids is 1. The highest BCUT2D eigenvalue weighted by molar-refractivity contribution is 7.92. The second kappa shape index (κ2) is 8.70. The fraction of sp³-hybridized carbons (Fsp3) is 0.350. The Hall–Kier alpha value is -2.45. The molecule has 8 heteroatoms. The van der Waals surface area contributed by atoms with E-state index in [4.69, 9.17) is 0 Å². The molecule has 2 rings (SSSR count). The van der Waals surface area contributed by atoms with Gasteiger partial charge in [0.05, 0.1) is 10.6 Å². The summed E-state index contributed by atoms with van der Waals surface area (Å²) in [6, 6.07) is 11.0. The van der Waals surface area contributed by atoms with E-state index in [0.29, 0.717) is 12.1 Å². The average molecular weight is 408 g/mol. The second-order valence-electron chi connectivity index (χ2n) is 7.69. The summed E-state index contributed by atoms with van der Waals surface area (Å²) in [4.78, 5) is 14.3. The number of nitrogens with one attached hydrogen (secondary N) is 2. The molecule has 0 aliphatic heterocycles. The maximum atomic E-state index is 13.7. The first-order valence-electron chi connectivity index (χ1n) is 8.80. The van der Waals surface area contributed by atoms with E-state index in [0.717, 1.165) is 6.54 Å². The topological polar surface area (TPSA) is 78.5 Å². The first kappa shape index (κ1) is 21.8. The molecule has 0 unspecified atom stereocenters. The molecule has 152 valence electrons. The van der Waals surface area contributed by atoms with Crippen molar-refractivity contribution in [3.05, 3.63) is 59.9 Å². The van der Waals surface area contributed by atoms with Crippen molar-refractivity contribution in [3.63, 3.8) is 0 Å². The number of amides is 1. The van der Waals surface area contributed by atoms with Gasteiger partial charge < -0.3 is 10.2 Å². The average Bonchev–Trinajstić information content (AvgIpc) is 2.61. The molecule has 0 atom stereocenters. The van der Waals surface area contributed by atoms with Crippen LogP contribution in [0, 0.1) is 11.2 Å². The van der Waals surface area contributed by atoms with Crippen molar-refractivity contribution >= 4 is 21.6 Å². The molecule has 0 radical (unpaired) electrons. The first-order chi connectivity index (χ1) is 13.0. The van der Waals surface area contributed by atoms with Crippen molar-refractivity contribution in [3.8, 4) is 0 Å². The lowest BCUT2D eigenvalue weighted by Crippen LogP contribution is -2.39. The number of hydrogen-bond donors (Lipinski definition) is 2. The van der Waals surface area contributed by atoms with Gasteiger partial charge in [-0.2, -0.15) is 0 Å². The minimum Gasteiger partial charge on any atom is -0.351 e. The Morgan fingerprint density at radius 1 is 1.07 bits per heavy atom. The standard InChI is InChI=1S/C20H26FN3O3S/c1-20(2,14-24(3)4)13-22-19(25)15-9-11-16(12-10-15)28(26,27)23-18-8-6-5-7-17(18)21/h5-12,23H,13-14H2,1-4H3,(H,22,25). The minimum atomic E-state index is -3.95. The molecule has 28 heavy (non-hydrogen) atoms. The lowest BCUT2D eigenvalue weighted by Gasteiger charge is -2.28. The zero-order valence-corrected chi connectivity index (χ0v) is 17.3. The first-order valence-corrected chi connectivity index (χ1v) is 10.3. The van der Waals surface area contributed by atoms with Crippen LogP contribution in [0.25, 0.3) is 0 Å². The van der Waals surface area contributed by atoms with E-state index in [2.05, 4.69) is 23.9 Å². The van der Waals surface area contributed by atoms with E-state index in [9.17, 15) is 17.6 Å². The Labute approximate surface area is 165 Å². The number of halogens is 1. The summed E-state index contributed by atoms with van der Waals surface area (Å²) in [5.41, 5.74) is 0.115. The van der Waals surface area contributed by atoms with E-state index in [1.807, 2.05) is 19.0 Å². The van der Waals surface area contributed by atoms with Gasteiger partial charge in [-0.3, -0.25) is 9.52 Å². The van der Waals surface area contributed by atoms with Crippen LogP contribution >= 0.6 is 0 Å². The Balaban J connectivity index is 2.06. The molecule has 6 nitrogen and oxygen atoms in total. The molecule has 0 aliphatic carbocycles. The fourth-order valence-corrected chi connectivity index (χ4v) is 3.93. The summed E-state index contributed by atoms with van der Waals surface area (Å²) >= 11 is 0. The van der Waals surface area contributed by atoms with Crippen molar-refractivity contribution in [1.29, 1.82) is 0 Å². The van der Waals surface area contributed by atoms with Crippen LogP contribution in [-0.4, -0.2) is 46.4 Å². The maximum Gasteiger partial charge on any atom is 0.261 e. The van der Waals surface area contributed by atoms with Crippen molar-refractivity contribution in [1.82, 2.24) is 10.2 Å². The van der Waals surface area contributed by atoms with Crippen LogP contribution in [-0.2, 0) is 10.0 Å². The van der Waals surface area contributed by atoms with Gasteiger partial charge in [0.2, 0.25) is 0 Å². The molecular weight excluding hydrogens is 381 g/mol. The van der Waals surface area contributed by atoms with E-state index in [1.165, 1.54) is 48.5 Å². The summed E-state index contributed by atoms with van der Waals surface area (Å²) in [6.45, 7) is 5.40. The van der Waals surface area contributed by atoms with Crippen molar-refractivity contribution < 1.29 is 17.6 Å². The number of nitrogens with zero attached hydrogens (tertiary/aromatic N) is 1. The van der Waals surface area contributed by atoms with Crippen LogP contribution in [0.2, 0.25) is 0 Å². The Morgan fingerprint density at radius 2 is 1.68 bits per heavy atom. The smallest absolute Gasteiger partial charge is 0.261 e. The third-order valence-corrected chi connectivity index (χ3v) is 5.40. The molecule has 0 bridgehead atoms. The number of para-hydroxylation sites is 1. The highest BCUT2D eigenvalue weighted by Gasteiger charge is 2.21. The molecule has 2 aromatic carbocycles. The van der Waals surface area contributed by atoms with E-state index in [-0.39, 0.29) is 21.9 Å². The zero-order chi connectivity index (χ0) is 20.9. The van der Waals surface area contributed by atoms with Crippen molar-refractivity contribution in [2.75, 3.05) is 31.9 Å². The van der Waals surface area contributed by atoms with Gasteiger partial charge in [-0.25, -0.2) is 12.8 Å². The van der Waals surface area contributed by atoms with Crippen LogP contribution in [0.3, 0.4) is 0 Å². The van der Waals surface area contributed by atoms with Crippen molar-refractivity contribution in [2.24, 2.45) is 5.41 Å². The Kier molecular flexibility index (Phi) is 6.79. The Morgan fingerprint density at radius 3 is 2.25 bits per heavy atom. The highest BCUT2D eigenvalue weighted by Crippen LogP contribution is 2.19. The summed E-state index contributed by atoms with van der Waals surface area (Å²) < 4.78 is 40.7. The van der Waals surface area contributed by atoms with Gasteiger partial charge in [-0.15, -0.1) is 0 Å². The van der Waals surface area contributed by atoms with Gasteiger partial charge in [0.25, 0.3) is 15.9 Å². The predicted octanol–water partition coefficient (Wildman–Crippen LogP) is 2.94. The quantitative estimate of drug-likeness (QED) is 0.705. The van der Waals surface area contributed by atoms with Gasteiger partial charge in [0.1, 0.15) is 5.82 Å². The molecule has 0 saturated carbocycles. The molecular formula is C20H26FN3O3S. The lowest BCUT2D eigenvalue weighted by molar-refractivity contribution is 0.0929. The molecule has 0 aliphatic rings. The fourth-order valence-electron chi connectivity index (χ4n) is 2.87. The Bertz CT molecular complexity index is 926. The third kappa shape index (κ3) is 6.03. The van der Waals surface area contributed by atoms with Crippen LogP contribution in [0.1, 0.15) is 24.2 Å². The molecule has 0 saturated heterocycles. The predicted molar refractivity (Wildman–Crippen MR) is 108 cm³/mol. The van der Waals surface area contributed by atoms with Crippen molar-refractivity contribution in [2.45, 2.75) is 18.7 Å². The van der Waals surface area contributed by atoms with Crippen LogP contribution in [0.4, 0.5) is 10.1 Å². The SMILES string of the molecule is CN(C)CC(C)(C)CNC(=O)c1ccc(S(=O)(=O)Nc2ccccc2F)cc1. The second-order valence-corrected chi connectivity index (χ2v) is 9.38. The number of rotatable bonds is 8. The number of benzene rings is 2. The van der Waals surface area contributed by atoms with Gasteiger partial charge in [0, 0.05) is 18.7 Å². The lowest BCUT2D eigenvalue weighted by atomic mass is 9.93. The molecule has 2 N–H and O–H groups in total. The van der Waals surface area contributed by atoms with E-state index in [1.54, 1.807) is 0 Å². The molecule has 2 aromatic rings. The molecule has 0 aromatic heterocycles. The number of hydrogen-bond acceptors (Lipinski definition) is 4. The molecule has 0 heterocycles. The monoisotopic (exact) mass is 407 g/mol. The van der Waals surface area contributed by atoms with Gasteiger partial charge >= 0.3 is 0 Å². The number of anilines is 1. The molecule has 1 amide bonds. The van der Waals surface area contributed by atoms with E-state index >= 15 is 0 Å². The summed E-state index contributed by atoms with van der Waals surface area (Å²) in [7, 11) is -0.0139. The largest absolute Gasteiger partial charge is 0.351 e. The summed E-state index contributed by atoms with van der Waals surface area (Å²) in [5, 5.41) is 2.87. The van der Waals surface area contributed by atoms with Crippen LogP contribution in [0.5, 0.6) is 0 Å². The number of sulfonamides is 1. The number of carbonyl (C=O) groups is 1. The summed E-state index contributed by atoms with van der Waals surface area (Å²) in [6.07, 6.45) is 0. The van der Waals surface area contributed by atoms with Gasteiger partial charge in [-0.1, -0.05) is 26.0 Å². The highest BCUT2D eigenvalue weighted by atomic mass is 32.2. The van der Waals surface area contributed by atoms with Gasteiger partial charge in [-0.05, 0) is 55.9 Å². The van der Waals surface area contributed by atoms with E-state index < -0.39 is 15.8 Å². The van der Waals surface area contributed by atoms with Gasteiger partial charge in [0.15, 0.2) is 0 Å². The molecule has 0 fully saturated rings. The van der Waals surface area contributed by atoms with Crippen LogP contribution < -0.4 is 10.0 Å². The third-order valence-electron chi connectivity index (χ3n) is 4.02. The molecule has 0 spiro atoms. The zero-order valence-electron chi connectivity index (χ0n) is 16.5. The summed E-state index contributed by atoms with van der Waals surface area (Å²) in [5.74, 6) is -0.944. The minimum absolute atomic E-state index is 0.0553. The van der Waals surface area contributed by atoms with Crippen LogP contribution in [0.15, 0.2) is 53.4 Å². The normalized spacial score (nSPS) is 12.1. The maximum absolute atomic E-state index is 13.7.